The normalized spacial score (nSPS) is 13.6. The summed E-state index contributed by atoms with van der Waals surface area (Å²) in [6.45, 7) is 14.3. The Hall–Kier alpha value is -5.38. The van der Waals surface area contributed by atoms with E-state index in [1.165, 1.54) is 81.3 Å². The zero-order valence-corrected chi connectivity index (χ0v) is 33.3. The van der Waals surface area contributed by atoms with E-state index in [0.29, 0.717) is 17.8 Å². The summed E-state index contributed by atoms with van der Waals surface area (Å²) >= 11 is 0. The first-order valence-corrected chi connectivity index (χ1v) is 21.8. The van der Waals surface area contributed by atoms with Gasteiger partial charge in [0.05, 0.1) is 11.0 Å². The van der Waals surface area contributed by atoms with Crippen molar-refractivity contribution in [1.29, 1.82) is 0 Å². The van der Waals surface area contributed by atoms with Gasteiger partial charge in [-0.1, -0.05) is 197 Å². The van der Waals surface area contributed by atoms with Crippen molar-refractivity contribution in [2.24, 2.45) is 0 Å². The molecule has 0 bridgehead atoms. The summed E-state index contributed by atoms with van der Waals surface area (Å²) in [5, 5.41) is 8.41. The Morgan fingerprint density at radius 2 is 0.926 bits per heavy atom. The van der Waals surface area contributed by atoms with Gasteiger partial charge in [-0.05, 0) is 79.5 Å². The Kier molecular flexibility index (Phi) is 8.59. The zero-order valence-electron chi connectivity index (χ0n) is 32.3. The Bertz CT molecular complexity index is 2530. The molecule has 0 unspecified atom stereocenters. The topological polar surface area (TPSA) is 4.93 Å². The molecule has 1 nitrogen and oxygen atoms in total. The van der Waals surface area contributed by atoms with Crippen LogP contribution in [-0.2, 0) is 0 Å². The second-order valence-electron chi connectivity index (χ2n) is 16.2. The van der Waals surface area contributed by atoms with Crippen LogP contribution in [0.15, 0.2) is 164 Å². The second-order valence-corrected chi connectivity index (χ2v) is 20.0. The van der Waals surface area contributed by atoms with Crippen molar-refractivity contribution in [1.82, 2.24) is 4.57 Å². The molecule has 1 aliphatic rings. The van der Waals surface area contributed by atoms with Crippen LogP contribution in [0.3, 0.4) is 0 Å². The average Bonchev–Trinajstić information content (AvgIpc) is 3.54. The van der Waals surface area contributed by atoms with Gasteiger partial charge in [0, 0.05) is 16.5 Å². The fourth-order valence-corrected chi connectivity index (χ4v) is 15.0. The van der Waals surface area contributed by atoms with Crippen LogP contribution in [0.1, 0.15) is 76.0 Å². The number of aromatic nitrogens is 1. The molecular formula is C51H48BNSi. The molecular weight excluding hydrogens is 665 g/mol. The van der Waals surface area contributed by atoms with Crippen LogP contribution in [0.25, 0.3) is 27.5 Å². The van der Waals surface area contributed by atoms with Crippen molar-refractivity contribution >= 4 is 73.7 Å². The lowest BCUT2D eigenvalue weighted by molar-refractivity contribution is 0.812. The minimum absolute atomic E-state index is 0.104. The molecule has 0 aliphatic carbocycles. The summed E-state index contributed by atoms with van der Waals surface area (Å²) in [4.78, 5) is 0. The number of nitrogens with zero attached hydrogens (tertiary/aromatic N) is 1. The number of benzene rings is 7. The molecule has 0 saturated heterocycles. The van der Waals surface area contributed by atoms with Gasteiger partial charge in [0.25, 0.3) is 0 Å². The number of hydrogen-bond acceptors (Lipinski definition) is 0. The maximum Gasteiger partial charge on any atom is 0.241 e. The molecule has 264 valence electrons. The quantitative estimate of drug-likeness (QED) is 0.146. The molecule has 0 N–H and O–H groups in total. The van der Waals surface area contributed by atoms with Crippen molar-refractivity contribution in [2.45, 2.75) is 59.3 Å². The van der Waals surface area contributed by atoms with E-state index < -0.39 is 8.07 Å². The van der Waals surface area contributed by atoms with Gasteiger partial charge in [0.15, 0.2) is 8.07 Å². The van der Waals surface area contributed by atoms with Crippen LogP contribution in [0, 0.1) is 0 Å². The molecule has 7 aromatic carbocycles. The highest BCUT2D eigenvalue weighted by molar-refractivity contribution is 7.26. The summed E-state index contributed by atoms with van der Waals surface area (Å²) in [7, 11) is -2.86. The van der Waals surface area contributed by atoms with Gasteiger partial charge in [0.1, 0.15) is 0 Å². The number of rotatable bonds is 7. The maximum atomic E-state index is 2.61. The first-order chi connectivity index (χ1) is 26.3. The van der Waals surface area contributed by atoms with Crippen LogP contribution in [0.2, 0.25) is 0 Å². The van der Waals surface area contributed by atoms with Crippen LogP contribution in [0.5, 0.6) is 0 Å². The third-order valence-corrected chi connectivity index (χ3v) is 17.0. The molecule has 3 heteroatoms. The van der Waals surface area contributed by atoms with Crippen molar-refractivity contribution in [3.05, 3.63) is 180 Å². The van der Waals surface area contributed by atoms with E-state index in [0.717, 1.165) is 0 Å². The highest BCUT2D eigenvalue weighted by Crippen LogP contribution is 2.32. The smallest absolute Gasteiger partial charge is 0.241 e. The monoisotopic (exact) mass is 713 g/mol. The summed E-state index contributed by atoms with van der Waals surface area (Å²) in [6, 6.07) is 62.9. The molecule has 1 aromatic heterocycles. The SMILES string of the molecule is CC(C)c1cc(C(C)C)c(B2c3ccccc3[Si](c3ccccc3)(c3ccccc3)c3cc(-n4c5ccccc5c5ccccc54)ccc32)c(C(C)C)c1. The van der Waals surface area contributed by atoms with Crippen LogP contribution in [0.4, 0.5) is 0 Å². The van der Waals surface area contributed by atoms with Crippen molar-refractivity contribution in [2.75, 3.05) is 0 Å². The van der Waals surface area contributed by atoms with Crippen molar-refractivity contribution in [3.8, 4) is 5.69 Å². The Labute approximate surface area is 322 Å². The standard InChI is InChI=1S/C51H48BNSi/c1-34(2)37-31-43(35(3)4)51(44(32-37)36(5)6)52-45-25-15-18-28-49(45)54(39-19-9-7-10-20-39,40-21-11-8-12-22-40)50-33-38(29-30-46(50)52)53-47-26-16-13-23-41(47)42-24-14-17-27-48(42)53/h7-36H,1-6H3. The molecule has 0 fully saturated rings. The Balaban J connectivity index is 1.46. The third-order valence-electron chi connectivity index (χ3n) is 12.1. The van der Waals surface area contributed by atoms with E-state index in [-0.39, 0.29) is 6.71 Å². The second kappa shape index (κ2) is 13.5. The van der Waals surface area contributed by atoms with E-state index >= 15 is 0 Å². The number of hydrogen-bond donors (Lipinski definition) is 0. The minimum atomic E-state index is -2.86. The Morgan fingerprint density at radius 1 is 0.444 bits per heavy atom. The largest absolute Gasteiger partial charge is 0.309 e. The minimum Gasteiger partial charge on any atom is -0.309 e. The lowest BCUT2D eigenvalue weighted by atomic mass is 9.34. The molecule has 1 aliphatic heterocycles. The van der Waals surface area contributed by atoms with Crippen LogP contribution in [-0.4, -0.2) is 19.4 Å². The van der Waals surface area contributed by atoms with Crippen molar-refractivity contribution < 1.29 is 0 Å². The summed E-state index contributed by atoms with van der Waals surface area (Å²) < 4.78 is 2.51. The van der Waals surface area contributed by atoms with Gasteiger partial charge in [-0.25, -0.2) is 0 Å². The number of para-hydroxylation sites is 2. The Morgan fingerprint density at radius 3 is 1.46 bits per heavy atom. The van der Waals surface area contributed by atoms with Gasteiger partial charge < -0.3 is 4.57 Å². The number of fused-ring (bicyclic) bond motifs is 5. The molecule has 54 heavy (non-hydrogen) atoms. The zero-order chi connectivity index (χ0) is 37.1. The summed E-state index contributed by atoms with van der Waals surface area (Å²) in [5.41, 5.74) is 12.5. The molecule has 0 amide bonds. The fourth-order valence-electron chi connectivity index (χ4n) is 9.68. The van der Waals surface area contributed by atoms with Gasteiger partial charge >= 0.3 is 0 Å². The molecule has 0 spiro atoms. The van der Waals surface area contributed by atoms with Gasteiger partial charge in [-0.3, -0.25) is 0 Å². The van der Waals surface area contributed by atoms with E-state index in [1.54, 1.807) is 0 Å². The third kappa shape index (κ3) is 5.20. The van der Waals surface area contributed by atoms with Gasteiger partial charge in [-0.15, -0.1) is 0 Å². The molecule has 0 atom stereocenters. The molecule has 2 heterocycles. The summed E-state index contributed by atoms with van der Waals surface area (Å²) in [5.74, 6) is 1.23. The van der Waals surface area contributed by atoms with Gasteiger partial charge in [-0.2, -0.15) is 0 Å². The molecule has 8 aromatic rings. The highest BCUT2D eigenvalue weighted by atomic mass is 28.3. The van der Waals surface area contributed by atoms with Gasteiger partial charge in [0.2, 0.25) is 6.71 Å². The molecule has 0 saturated carbocycles. The van der Waals surface area contributed by atoms with Crippen LogP contribution >= 0.6 is 0 Å². The van der Waals surface area contributed by atoms with E-state index in [9.17, 15) is 0 Å². The predicted molar refractivity (Wildman–Crippen MR) is 238 cm³/mol. The fraction of sp³-hybridized carbons (Fsp3) is 0.176. The molecule has 9 rings (SSSR count). The maximum absolute atomic E-state index is 2.86. The first kappa shape index (κ1) is 34.4. The summed E-state index contributed by atoms with van der Waals surface area (Å²) in [6.07, 6.45) is 0. The highest BCUT2D eigenvalue weighted by Gasteiger charge is 2.50. The lowest BCUT2D eigenvalue weighted by Crippen LogP contribution is -2.87. The van der Waals surface area contributed by atoms with E-state index in [4.69, 9.17) is 0 Å². The van der Waals surface area contributed by atoms with E-state index in [2.05, 4.69) is 210 Å². The van der Waals surface area contributed by atoms with Crippen molar-refractivity contribution in [3.63, 3.8) is 0 Å². The first-order valence-electron chi connectivity index (χ1n) is 19.8. The lowest BCUT2D eigenvalue weighted by Gasteiger charge is -2.44. The predicted octanol–water partition coefficient (Wildman–Crippen LogP) is 8.36. The van der Waals surface area contributed by atoms with E-state index in [1.807, 2.05) is 0 Å². The molecule has 0 radical (unpaired) electrons. The van der Waals surface area contributed by atoms with Crippen LogP contribution < -0.4 is 37.1 Å². The average molecular weight is 714 g/mol.